The van der Waals surface area contributed by atoms with Crippen LogP contribution in [-0.2, 0) is 0 Å². The number of rotatable bonds is 1. The van der Waals surface area contributed by atoms with Crippen LogP contribution in [0.15, 0.2) is 103 Å². The summed E-state index contributed by atoms with van der Waals surface area (Å²) in [6.07, 6.45) is 0. The fourth-order valence-corrected chi connectivity index (χ4v) is 5.31. The largest absolute Gasteiger partial charge is 0.355 e. The van der Waals surface area contributed by atoms with Crippen molar-refractivity contribution in [1.29, 1.82) is 0 Å². The van der Waals surface area contributed by atoms with E-state index in [9.17, 15) is 0 Å². The molecule has 0 spiro atoms. The predicted molar refractivity (Wildman–Crippen MR) is 139 cm³/mol. The Hall–Kier alpha value is -3.81. The van der Waals surface area contributed by atoms with Gasteiger partial charge in [-0.3, -0.25) is 0 Å². The molecule has 0 bridgehead atoms. The van der Waals surface area contributed by atoms with Crippen LogP contribution in [-0.4, -0.2) is 4.98 Å². The molecule has 0 unspecified atom stereocenters. The normalized spacial score (nSPS) is 11.9. The van der Waals surface area contributed by atoms with Gasteiger partial charge in [0.2, 0.25) is 0 Å². The molecule has 0 saturated carbocycles. The van der Waals surface area contributed by atoms with E-state index in [0.29, 0.717) is 0 Å². The summed E-state index contributed by atoms with van der Waals surface area (Å²) in [5.74, 6) is 0. The Morgan fingerprint density at radius 2 is 0.875 bits per heavy atom. The van der Waals surface area contributed by atoms with Crippen molar-refractivity contribution in [2.24, 2.45) is 0 Å². The van der Waals surface area contributed by atoms with E-state index in [2.05, 4.69) is 89.9 Å². The van der Waals surface area contributed by atoms with Gasteiger partial charge in [-0.1, -0.05) is 78.3 Å². The number of hydrogen-bond donors (Lipinski definition) is 1. The minimum absolute atomic E-state index is 0.757. The number of aromatic nitrogens is 1. The summed E-state index contributed by atoms with van der Waals surface area (Å²) in [6, 6.07) is 36.9. The minimum atomic E-state index is 0.757. The molecule has 0 radical (unpaired) electrons. The summed E-state index contributed by atoms with van der Waals surface area (Å²) in [4.78, 5) is 3.50. The van der Waals surface area contributed by atoms with Gasteiger partial charge in [0.15, 0.2) is 0 Å². The quantitative estimate of drug-likeness (QED) is 0.251. The third-order valence-electron chi connectivity index (χ3n) is 6.64. The van der Waals surface area contributed by atoms with Crippen LogP contribution in [0.3, 0.4) is 0 Å². The maximum Gasteiger partial charge on any atom is 0.0465 e. The molecule has 0 amide bonds. The molecule has 0 aliphatic rings. The first kappa shape index (κ1) is 17.8. The van der Waals surface area contributed by atoms with Crippen molar-refractivity contribution in [3.05, 3.63) is 108 Å². The Labute approximate surface area is 189 Å². The molecule has 6 aromatic carbocycles. The maximum absolute atomic E-state index is 6.29. The molecule has 0 fully saturated rings. The Bertz CT molecular complexity index is 1810. The van der Waals surface area contributed by atoms with Gasteiger partial charge in [0.25, 0.3) is 0 Å². The van der Waals surface area contributed by atoms with Crippen molar-refractivity contribution in [3.8, 4) is 11.1 Å². The highest BCUT2D eigenvalue weighted by atomic mass is 35.5. The SMILES string of the molecule is Clc1ccc2[nH]c3ccc(-c4ccc5c6ccccc6c6ccccc6c5c4)cc3c2c1. The molecule has 1 nitrogen and oxygen atoms in total. The van der Waals surface area contributed by atoms with Crippen molar-refractivity contribution in [2.75, 3.05) is 0 Å². The molecule has 0 atom stereocenters. The van der Waals surface area contributed by atoms with Gasteiger partial charge in [-0.25, -0.2) is 0 Å². The number of aromatic amines is 1. The number of halogens is 1. The lowest BCUT2D eigenvalue weighted by molar-refractivity contribution is 1.54. The lowest BCUT2D eigenvalue weighted by Crippen LogP contribution is -1.85. The summed E-state index contributed by atoms with van der Waals surface area (Å²) in [7, 11) is 0. The molecule has 0 aliphatic heterocycles. The first-order valence-electron chi connectivity index (χ1n) is 10.8. The van der Waals surface area contributed by atoms with Crippen LogP contribution in [0.1, 0.15) is 0 Å². The highest BCUT2D eigenvalue weighted by Crippen LogP contribution is 2.38. The first-order chi connectivity index (χ1) is 15.8. The summed E-state index contributed by atoms with van der Waals surface area (Å²) in [6.45, 7) is 0. The van der Waals surface area contributed by atoms with E-state index in [1.54, 1.807) is 0 Å². The van der Waals surface area contributed by atoms with Gasteiger partial charge in [0, 0.05) is 26.8 Å². The lowest BCUT2D eigenvalue weighted by Gasteiger charge is -2.12. The molecule has 2 heteroatoms. The van der Waals surface area contributed by atoms with Gasteiger partial charge in [0.05, 0.1) is 0 Å². The van der Waals surface area contributed by atoms with Crippen molar-refractivity contribution < 1.29 is 0 Å². The number of benzene rings is 6. The molecule has 1 aromatic heterocycles. The average molecular weight is 428 g/mol. The Kier molecular flexibility index (Phi) is 3.67. The van der Waals surface area contributed by atoms with Crippen LogP contribution >= 0.6 is 11.6 Å². The third-order valence-corrected chi connectivity index (χ3v) is 6.87. The van der Waals surface area contributed by atoms with E-state index >= 15 is 0 Å². The van der Waals surface area contributed by atoms with Crippen LogP contribution in [0, 0.1) is 0 Å². The third kappa shape index (κ3) is 2.52. The Balaban J connectivity index is 1.53. The van der Waals surface area contributed by atoms with Crippen LogP contribution in [0.4, 0.5) is 0 Å². The van der Waals surface area contributed by atoms with E-state index in [1.807, 2.05) is 18.2 Å². The van der Waals surface area contributed by atoms with Gasteiger partial charge < -0.3 is 4.98 Å². The van der Waals surface area contributed by atoms with E-state index in [-0.39, 0.29) is 0 Å². The Morgan fingerprint density at radius 3 is 1.53 bits per heavy atom. The topological polar surface area (TPSA) is 15.8 Å². The molecule has 7 aromatic rings. The minimum Gasteiger partial charge on any atom is -0.355 e. The molecule has 0 aliphatic carbocycles. The van der Waals surface area contributed by atoms with Gasteiger partial charge in [0.1, 0.15) is 0 Å². The van der Waals surface area contributed by atoms with Crippen molar-refractivity contribution in [1.82, 2.24) is 4.98 Å². The van der Waals surface area contributed by atoms with Crippen LogP contribution in [0.2, 0.25) is 5.02 Å². The van der Waals surface area contributed by atoms with E-state index in [4.69, 9.17) is 11.6 Å². The van der Waals surface area contributed by atoms with Crippen molar-refractivity contribution >= 4 is 65.7 Å². The van der Waals surface area contributed by atoms with Gasteiger partial charge in [-0.15, -0.1) is 0 Å². The zero-order valence-electron chi connectivity index (χ0n) is 17.2. The summed E-state index contributed by atoms with van der Waals surface area (Å²) >= 11 is 6.29. The molecular weight excluding hydrogens is 410 g/mol. The number of nitrogens with one attached hydrogen (secondary N) is 1. The highest BCUT2D eigenvalue weighted by molar-refractivity contribution is 6.32. The van der Waals surface area contributed by atoms with Crippen molar-refractivity contribution in [3.63, 3.8) is 0 Å². The molecule has 32 heavy (non-hydrogen) atoms. The first-order valence-corrected chi connectivity index (χ1v) is 11.2. The molecular formula is C30H18ClN. The fraction of sp³-hybridized carbons (Fsp3) is 0. The standard InChI is InChI=1S/C30H18ClN/c31-20-11-14-30-28(17-20)27-16-19(10-13-29(27)32-30)18-9-12-25-23-7-2-1-5-21(23)22-6-3-4-8-24(22)26(25)15-18/h1-17,32H. The molecule has 150 valence electrons. The molecule has 7 rings (SSSR count). The van der Waals surface area contributed by atoms with Crippen molar-refractivity contribution in [2.45, 2.75) is 0 Å². The molecule has 0 saturated heterocycles. The summed E-state index contributed by atoms with van der Waals surface area (Å²) in [5, 5.41) is 10.9. The predicted octanol–water partition coefficient (Wildman–Crippen LogP) is 9.10. The fourth-order valence-electron chi connectivity index (χ4n) is 5.14. The van der Waals surface area contributed by atoms with E-state index in [1.165, 1.54) is 48.8 Å². The average Bonchev–Trinajstić information content (AvgIpc) is 3.21. The van der Waals surface area contributed by atoms with Gasteiger partial charge in [-0.2, -0.15) is 0 Å². The summed E-state index contributed by atoms with van der Waals surface area (Å²) in [5.41, 5.74) is 4.66. The van der Waals surface area contributed by atoms with E-state index < -0.39 is 0 Å². The number of fused-ring (bicyclic) bond motifs is 9. The second kappa shape index (κ2) is 6.59. The van der Waals surface area contributed by atoms with E-state index in [0.717, 1.165) is 21.4 Å². The maximum atomic E-state index is 6.29. The smallest absolute Gasteiger partial charge is 0.0465 e. The van der Waals surface area contributed by atoms with Crippen LogP contribution < -0.4 is 0 Å². The number of hydrogen-bond acceptors (Lipinski definition) is 0. The zero-order chi connectivity index (χ0) is 21.2. The van der Waals surface area contributed by atoms with Gasteiger partial charge in [-0.05, 0) is 79.8 Å². The lowest BCUT2D eigenvalue weighted by atomic mass is 9.92. The zero-order valence-corrected chi connectivity index (χ0v) is 17.9. The summed E-state index contributed by atoms with van der Waals surface area (Å²) < 4.78 is 0. The monoisotopic (exact) mass is 427 g/mol. The van der Waals surface area contributed by atoms with Gasteiger partial charge >= 0.3 is 0 Å². The second-order valence-electron chi connectivity index (χ2n) is 8.43. The number of H-pyrrole nitrogens is 1. The van der Waals surface area contributed by atoms with Crippen LogP contribution in [0.5, 0.6) is 0 Å². The molecule has 1 N–H and O–H groups in total. The second-order valence-corrected chi connectivity index (χ2v) is 8.86. The van der Waals surface area contributed by atoms with Crippen LogP contribution in [0.25, 0.3) is 65.3 Å². The highest BCUT2D eigenvalue weighted by Gasteiger charge is 2.11. The molecule has 1 heterocycles. The Morgan fingerprint density at radius 1 is 0.406 bits per heavy atom.